The quantitative estimate of drug-likeness (QED) is 0.231. The van der Waals surface area contributed by atoms with Crippen LogP contribution >= 0.6 is 19.0 Å². The molecule has 0 aliphatic carbocycles. The Labute approximate surface area is 230 Å². The highest BCUT2D eigenvalue weighted by atomic mass is 32.7. The molecule has 0 aromatic carbocycles. The Morgan fingerprint density at radius 1 is 1.15 bits per heavy atom. The number of H-pyrrole nitrogens is 1. The van der Waals surface area contributed by atoms with Crippen LogP contribution in [-0.4, -0.2) is 67.0 Å². The first-order valence-electron chi connectivity index (χ1n) is 12.6. The van der Waals surface area contributed by atoms with Gasteiger partial charge in [0, 0.05) is 24.7 Å². The van der Waals surface area contributed by atoms with Crippen LogP contribution < -0.4 is 11.3 Å². The van der Waals surface area contributed by atoms with Crippen LogP contribution in [0.15, 0.2) is 42.0 Å². The molecular formula is C23H25FN7O7PS. The predicted molar refractivity (Wildman–Crippen MR) is 141 cm³/mol. The van der Waals surface area contributed by atoms with Crippen molar-refractivity contribution in [2.75, 3.05) is 18.9 Å². The number of ether oxygens (including phenoxy) is 3. The number of nitrogens with one attached hydrogen (secondary N) is 1. The third kappa shape index (κ3) is 4.43. The fraction of sp³-hybridized carbons (Fsp3) is 0.478. The van der Waals surface area contributed by atoms with Crippen molar-refractivity contribution in [3.8, 4) is 0 Å². The normalized spacial score (nSPS) is 35.0. The van der Waals surface area contributed by atoms with Gasteiger partial charge in [0.05, 0.1) is 36.5 Å². The Bertz CT molecular complexity index is 1680. The molecule has 2 bridgehead atoms. The lowest BCUT2D eigenvalue weighted by atomic mass is 9.96. The number of alkyl halides is 1. The molecule has 7 rings (SSSR count). The summed E-state index contributed by atoms with van der Waals surface area (Å²) in [5.74, 6) is -0.385. The lowest BCUT2D eigenvalue weighted by Crippen LogP contribution is -2.28. The largest absolute Gasteiger partial charge is 0.386 e. The summed E-state index contributed by atoms with van der Waals surface area (Å²) in [6.45, 7) is -4.05. The molecule has 0 spiro atoms. The van der Waals surface area contributed by atoms with Crippen molar-refractivity contribution in [1.82, 2.24) is 29.1 Å². The molecule has 40 heavy (non-hydrogen) atoms. The summed E-state index contributed by atoms with van der Waals surface area (Å²) in [6, 6.07) is 3.37. The van der Waals surface area contributed by atoms with Gasteiger partial charge in [0.25, 0.3) is 5.56 Å². The van der Waals surface area contributed by atoms with Gasteiger partial charge in [0.2, 0.25) is 0 Å². The average molecular weight is 594 g/mol. The van der Waals surface area contributed by atoms with Crippen molar-refractivity contribution >= 4 is 46.9 Å². The van der Waals surface area contributed by atoms with Crippen LogP contribution in [0.2, 0.25) is 0 Å². The van der Waals surface area contributed by atoms with Crippen LogP contribution in [0, 0.1) is 5.92 Å². The third-order valence-corrected chi connectivity index (χ3v) is 9.17. The molecule has 17 heteroatoms. The highest BCUT2D eigenvalue weighted by molar-refractivity contribution is 8.44. The smallest absolute Gasteiger partial charge is 0.383 e. The minimum absolute atomic E-state index is 0.159. The summed E-state index contributed by atoms with van der Waals surface area (Å²) < 4.78 is 62.1. The van der Waals surface area contributed by atoms with Gasteiger partial charge < -0.3 is 34.1 Å². The SMILES string of the molecule is Nc1ncnc2c1ccn2[C@@H]1O[C@@H]2COP(=O)(S)O[C@@H]3CC(OCC[C@H]2[C@@H]1F)O[C@H]3n1cnc2c(=O)[nH]ccc21. The van der Waals surface area contributed by atoms with Crippen LogP contribution in [0.3, 0.4) is 0 Å². The van der Waals surface area contributed by atoms with E-state index < -0.39 is 49.8 Å². The number of nitrogens with zero attached hydrogens (tertiary/aromatic N) is 5. The van der Waals surface area contributed by atoms with Gasteiger partial charge >= 0.3 is 6.80 Å². The van der Waals surface area contributed by atoms with Crippen molar-refractivity contribution in [3.05, 3.63) is 47.5 Å². The van der Waals surface area contributed by atoms with Gasteiger partial charge in [-0.3, -0.25) is 13.8 Å². The number of anilines is 1. The molecule has 212 valence electrons. The number of imidazole rings is 1. The molecule has 7 heterocycles. The third-order valence-electron chi connectivity index (χ3n) is 7.52. The van der Waals surface area contributed by atoms with Gasteiger partial charge in [-0.1, -0.05) is 12.2 Å². The molecule has 0 radical (unpaired) electrons. The summed E-state index contributed by atoms with van der Waals surface area (Å²) in [4.78, 5) is 27.1. The first-order chi connectivity index (χ1) is 19.3. The van der Waals surface area contributed by atoms with Gasteiger partial charge in [-0.15, -0.1) is 0 Å². The Kier molecular flexibility index (Phi) is 6.46. The highest BCUT2D eigenvalue weighted by Crippen LogP contribution is 2.57. The Hall–Kier alpha value is -2.85. The Morgan fingerprint density at radius 2 is 2.02 bits per heavy atom. The van der Waals surface area contributed by atoms with Gasteiger partial charge in [-0.05, 0) is 18.6 Å². The van der Waals surface area contributed by atoms with E-state index in [0.29, 0.717) is 16.6 Å². The molecule has 8 atom stereocenters. The maximum absolute atomic E-state index is 15.9. The summed E-state index contributed by atoms with van der Waals surface area (Å²) in [5, 5.41) is 0.579. The van der Waals surface area contributed by atoms with E-state index >= 15 is 4.39 Å². The Morgan fingerprint density at radius 3 is 2.90 bits per heavy atom. The maximum Gasteiger partial charge on any atom is 0.386 e. The summed E-state index contributed by atoms with van der Waals surface area (Å²) in [7, 11) is 0. The first kappa shape index (κ1) is 26.1. The molecule has 14 nitrogen and oxygen atoms in total. The average Bonchev–Trinajstić information content (AvgIpc) is 3.68. The van der Waals surface area contributed by atoms with Crippen LogP contribution in [0.5, 0.6) is 0 Å². The lowest BCUT2D eigenvalue weighted by Gasteiger charge is -2.25. The Balaban J connectivity index is 1.14. The number of nitrogen functional groups attached to an aromatic ring is 1. The van der Waals surface area contributed by atoms with E-state index in [2.05, 4.69) is 32.2 Å². The second-order valence-corrected chi connectivity index (χ2v) is 12.7. The fourth-order valence-electron chi connectivity index (χ4n) is 5.63. The fourth-order valence-corrected chi connectivity index (χ4v) is 7.12. The summed E-state index contributed by atoms with van der Waals surface area (Å²) in [5.41, 5.74) is 6.73. The number of thiol groups is 1. The first-order valence-corrected chi connectivity index (χ1v) is 15.3. The highest BCUT2D eigenvalue weighted by Gasteiger charge is 2.49. The zero-order valence-electron chi connectivity index (χ0n) is 20.8. The minimum atomic E-state index is -3.98. The topological polar surface area (TPSA) is 171 Å². The van der Waals surface area contributed by atoms with E-state index in [-0.39, 0.29) is 42.9 Å². The summed E-state index contributed by atoms with van der Waals surface area (Å²) >= 11 is 4.18. The van der Waals surface area contributed by atoms with Gasteiger partial charge in [-0.25, -0.2) is 23.9 Å². The predicted octanol–water partition coefficient (Wildman–Crippen LogP) is 2.71. The van der Waals surface area contributed by atoms with Crippen LogP contribution in [0.1, 0.15) is 25.3 Å². The number of nitrogens with two attached hydrogens (primary N) is 1. The number of aromatic amines is 1. The number of rotatable bonds is 2. The van der Waals surface area contributed by atoms with Crippen molar-refractivity contribution in [2.45, 2.75) is 50.0 Å². The van der Waals surface area contributed by atoms with Gasteiger partial charge in [-0.2, -0.15) is 0 Å². The number of halogens is 1. The molecule has 3 N–H and O–H groups in total. The molecule has 3 aliphatic heterocycles. The van der Waals surface area contributed by atoms with Crippen LogP contribution in [0.25, 0.3) is 22.1 Å². The van der Waals surface area contributed by atoms with E-state index in [4.69, 9.17) is 29.0 Å². The van der Waals surface area contributed by atoms with E-state index in [1.54, 1.807) is 27.5 Å². The molecule has 4 aromatic heterocycles. The number of hydrogen-bond acceptors (Lipinski definition) is 11. The molecular weight excluding hydrogens is 568 g/mol. The number of fused-ring (bicyclic) bond motifs is 5. The zero-order valence-corrected chi connectivity index (χ0v) is 22.6. The number of aromatic nitrogens is 6. The molecule has 3 saturated heterocycles. The molecule has 2 unspecified atom stereocenters. The van der Waals surface area contributed by atoms with Crippen molar-refractivity contribution in [2.24, 2.45) is 5.92 Å². The number of hydrogen-bond donors (Lipinski definition) is 3. The zero-order chi connectivity index (χ0) is 27.6. The number of pyridine rings is 1. The van der Waals surface area contributed by atoms with E-state index in [0.717, 1.165) is 0 Å². The second kappa shape index (κ2) is 9.91. The lowest BCUT2D eigenvalue weighted by molar-refractivity contribution is -0.155. The monoisotopic (exact) mass is 593 g/mol. The van der Waals surface area contributed by atoms with Crippen molar-refractivity contribution in [3.63, 3.8) is 0 Å². The minimum Gasteiger partial charge on any atom is -0.383 e. The van der Waals surface area contributed by atoms with Gasteiger partial charge in [0.1, 0.15) is 23.9 Å². The van der Waals surface area contributed by atoms with Gasteiger partial charge in [0.15, 0.2) is 30.4 Å². The molecule has 3 fully saturated rings. The van der Waals surface area contributed by atoms with E-state index in [9.17, 15) is 9.36 Å². The van der Waals surface area contributed by atoms with Crippen molar-refractivity contribution < 1.29 is 32.2 Å². The van der Waals surface area contributed by atoms with E-state index in [1.165, 1.54) is 18.9 Å². The molecule has 0 amide bonds. The maximum atomic E-state index is 15.9. The van der Waals surface area contributed by atoms with Crippen LogP contribution in [-0.2, 0) is 27.8 Å². The second-order valence-electron chi connectivity index (χ2n) is 9.84. The molecule has 0 saturated carbocycles. The van der Waals surface area contributed by atoms with Crippen LogP contribution in [0.4, 0.5) is 10.2 Å². The standard InChI is InChI=1S/C23H25FN7O7PS/c24-17-11-3-6-34-16-7-14(22(37-16)31-10-29-18-13(31)1-4-26-21(18)32)38-39(33,40)35-8-15(11)36-23(17)30-5-2-12-19(25)27-9-28-20(12)30/h1-2,4-5,9-11,14-17,22-23H,3,6-8H2,(H,26,32)(H,33,40)(H2,25,27,28)/t11-,14-,15-,16?,17+,22-,23-,39?/m1/s1. The molecule has 4 aromatic rings. The molecule has 3 aliphatic rings. The summed E-state index contributed by atoms with van der Waals surface area (Å²) in [6.07, 6.45) is 0.711. The van der Waals surface area contributed by atoms with Crippen molar-refractivity contribution in [1.29, 1.82) is 0 Å². The van der Waals surface area contributed by atoms with E-state index in [1.807, 2.05) is 0 Å².